The fourth-order valence-corrected chi connectivity index (χ4v) is 0. The lowest BCUT2D eigenvalue weighted by atomic mass is 1.96. The molecule has 0 aliphatic rings. The zero-order chi connectivity index (χ0) is 3.58. The fraction of sp³-hybridized carbons (Fsp3) is 0. The molecule has 0 fully saturated rings. The maximum atomic E-state index is 8.36. The van der Waals surface area contributed by atoms with Gasteiger partial charge < -0.3 is 5.21 Å². The molecule has 0 saturated heterocycles. The second-order valence-corrected chi connectivity index (χ2v) is 0.238. The second-order valence-electron chi connectivity index (χ2n) is 0.238. The van der Waals surface area contributed by atoms with E-state index in [1.807, 2.05) is 0 Å². The third kappa shape index (κ3) is 0.0750. The molecular formula is HNO3. The van der Waals surface area contributed by atoms with Crippen molar-refractivity contribution < 1.29 is 10.3 Å². The Morgan fingerprint density at radius 2 is 2.00 bits per heavy atom. The zero-order valence-electron chi connectivity index (χ0n) is 1.71. The highest BCUT2D eigenvalue weighted by Crippen LogP contribution is 1.38. The molecule has 0 aromatic rings. The van der Waals surface area contributed by atoms with Crippen LogP contribution >= 0.6 is 0 Å². The van der Waals surface area contributed by atoms with E-state index in [0.29, 0.717) is 0 Å². The second kappa shape index (κ2) is 0.655. The van der Waals surface area contributed by atoms with Crippen LogP contribution in [-0.4, -0.2) is 10.3 Å². The van der Waals surface area contributed by atoms with Crippen LogP contribution in [0.15, 0.2) is 0 Å². The van der Waals surface area contributed by atoms with Gasteiger partial charge in [0.2, 0.25) is 0 Å². The molecule has 0 saturated carbocycles. The standard InChI is InChI=1S/HNO3/c2-1(3)4/h(H,2,3,4)/i2-14. The van der Waals surface area contributed by atoms with Crippen molar-refractivity contribution in [2.45, 2.75) is 0 Å². The van der Waals surface area contributed by atoms with Gasteiger partial charge in [-0.25, -0.2) is 0 Å². The molecule has 0 unspecified atom stereocenters. The van der Waals surface area contributed by atoms with Gasteiger partial charge in [0.1, 0.15) is 0 Å². The lowest BCUT2D eigenvalue weighted by Crippen LogP contribution is -1.81. The Kier molecular flexibility index (Phi) is 0.524. The summed E-state index contributed by atoms with van der Waals surface area (Å²) in [6.07, 6.45) is 0. The first-order chi connectivity index (χ1) is 1.73. The molecule has 0 aliphatic heterocycles. The minimum Gasteiger partial charge on any atom is -0.328 e. The van der Waals surface area contributed by atoms with E-state index in [1.165, 1.54) is 0 Å². The molecule has 0 spiro atoms. The first kappa shape index (κ1) is 3.20. The predicted molar refractivity (Wildman–Crippen MR) is 8.78 cm³/mol. The van der Waals surface area contributed by atoms with Gasteiger partial charge in [-0.05, 0) is 0 Å². The number of hydrogen-bond acceptors (Lipinski definition) is 2. The Labute approximate surface area is 21.8 Å². The van der Waals surface area contributed by atoms with Crippen LogP contribution in [0.4, 0.5) is 0 Å². The first-order valence-corrected chi connectivity index (χ1v) is 0.565. The largest absolute Gasteiger partial charge is 0.328 e. The first-order valence-electron chi connectivity index (χ1n) is 0.565. The average Bonchev–Trinajstić information content (AvgIpc) is 0.811. The molecule has 0 rings (SSSR count). The van der Waals surface area contributed by atoms with Gasteiger partial charge in [-0.1, -0.05) is 0 Å². The van der Waals surface area contributed by atoms with E-state index in [2.05, 4.69) is 0 Å². The van der Waals surface area contributed by atoms with Gasteiger partial charge in [0.25, 0.3) is 5.09 Å². The molecule has 0 aliphatic carbocycles. The minimum atomic E-state index is -1.50. The van der Waals surface area contributed by atoms with Gasteiger partial charge in [0.05, 0.1) is 0 Å². The third-order valence-electron chi connectivity index (χ3n) is 0. The van der Waals surface area contributed by atoms with E-state index >= 15 is 0 Å². The van der Waals surface area contributed by atoms with Gasteiger partial charge in [-0.2, -0.15) is 0 Å². The van der Waals surface area contributed by atoms with Crippen molar-refractivity contribution in [3.05, 3.63) is 10.1 Å². The smallest absolute Gasteiger partial charge is 0.291 e. The van der Waals surface area contributed by atoms with Crippen LogP contribution in [0.25, 0.3) is 0 Å². The Balaban J connectivity index is 2.80. The quantitative estimate of drug-likeness (QED) is 0.301. The van der Waals surface area contributed by atoms with Crippen molar-refractivity contribution in [1.82, 2.24) is 0 Å². The molecule has 0 aromatic heterocycles. The molecule has 1 N–H and O–H groups in total. The molecule has 4 nitrogen and oxygen atoms in total. The Morgan fingerprint density at radius 1 is 2.00 bits per heavy atom. The van der Waals surface area contributed by atoms with Gasteiger partial charge in [-0.3, -0.25) is 0 Å². The van der Waals surface area contributed by atoms with E-state index < -0.39 is 5.09 Å². The number of rotatable bonds is 0. The van der Waals surface area contributed by atoms with E-state index in [0.717, 1.165) is 0 Å². The van der Waals surface area contributed by atoms with E-state index in [1.54, 1.807) is 0 Å². The summed E-state index contributed by atoms with van der Waals surface area (Å²) in [5, 5.41) is 13.6. The summed E-state index contributed by atoms with van der Waals surface area (Å²) >= 11 is 0. The number of hydrogen-bond donors (Lipinski definition) is 1. The summed E-state index contributed by atoms with van der Waals surface area (Å²) in [7, 11) is 0. The highest BCUT2D eigenvalue weighted by molar-refractivity contribution is 3.83. The molecule has 0 aromatic carbocycles. The van der Waals surface area contributed by atoms with Crippen molar-refractivity contribution in [2.24, 2.45) is 0 Å². The molecule has 0 atom stereocenters. The van der Waals surface area contributed by atoms with Gasteiger partial charge in [0.15, 0.2) is 0 Å². The summed E-state index contributed by atoms with van der Waals surface area (Å²) in [6.45, 7) is 0. The maximum Gasteiger partial charge on any atom is 0.291 e. The minimum absolute atomic E-state index is 1.50. The topological polar surface area (TPSA) is 63.4 Å². The van der Waals surface area contributed by atoms with Crippen LogP contribution in [0, 0.1) is 10.1 Å². The summed E-state index contributed by atoms with van der Waals surface area (Å²) < 4.78 is 0. The molecule has 0 bridgehead atoms. The van der Waals surface area contributed by atoms with Crippen LogP contribution in [0.5, 0.6) is 0 Å². The van der Waals surface area contributed by atoms with Crippen LogP contribution in [0.2, 0.25) is 0 Å². The van der Waals surface area contributed by atoms with Crippen LogP contribution in [0.1, 0.15) is 0 Å². The molecule has 4 heavy (non-hydrogen) atoms. The summed E-state index contributed by atoms with van der Waals surface area (Å²) in [4.78, 5) is 8.36. The Bertz CT molecular complexity index is 26.3. The molecular weight excluding hydrogens is 48.0 g/mol. The lowest BCUT2D eigenvalue weighted by molar-refractivity contribution is -0.742. The molecule has 4 heteroatoms. The van der Waals surface area contributed by atoms with Gasteiger partial charge in [-0.15, -0.1) is 10.1 Å². The molecule has 24 valence electrons. The van der Waals surface area contributed by atoms with Gasteiger partial charge in [0, 0.05) is 0 Å². The van der Waals surface area contributed by atoms with Crippen LogP contribution in [-0.2, 0) is 0 Å². The van der Waals surface area contributed by atoms with Crippen LogP contribution < -0.4 is 0 Å². The van der Waals surface area contributed by atoms with Crippen molar-refractivity contribution in [2.75, 3.05) is 0 Å². The van der Waals surface area contributed by atoms with Crippen molar-refractivity contribution in [3.63, 3.8) is 0 Å². The maximum absolute atomic E-state index is 8.36. The normalized spacial score (nSPS) is 6.00. The van der Waals surface area contributed by atoms with Crippen LogP contribution in [0.3, 0.4) is 0 Å². The van der Waals surface area contributed by atoms with Crippen molar-refractivity contribution in [3.8, 4) is 0 Å². The fourth-order valence-electron chi connectivity index (χ4n) is 0. The van der Waals surface area contributed by atoms with Crippen molar-refractivity contribution >= 4 is 0 Å². The summed E-state index contributed by atoms with van der Waals surface area (Å²) in [5.41, 5.74) is 0. The van der Waals surface area contributed by atoms with E-state index in [-0.39, 0.29) is 0 Å². The SMILES string of the molecule is [O-][N+](O)=[2O]. The van der Waals surface area contributed by atoms with E-state index in [9.17, 15) is 0 Å². The summed E-state index contributed by atoms with van der Waals surface area (Å²) in [5.74, 6) is 0. The highest BCUT2D eigenvalue weighted by atomic mass is 16.7. The third-order valence-corrected chi connectivity index (χ3v) is 0. The number of nitrogens with zero attached hydrogens (tertiary/aromatic N) is 1. The average molecular weight is 49.0 g/mol. The Morgan fingerprint density at radius 3 is 2.00 bits per heavy atom. The van der Waals surface area contributed by atoms with Gasteiger partial charge >= 0.3 is 0 Å². The molecule has 0 heterocycles. The van der Waals surface area contributed by atoms with Crippen molar-refractivity contribution in [1.29, 1.82) is 0 Å². The highest BCUT2D eigenvalue weighted by Gasteiger charge is 1.65. The molecule has 0 amide bonds. The van der Waals surface area contributed by atoms with E-state index in [4.69, 9.17) is 15.3 Å². The monoisotopic (exact) mass is 49.0 g/mol. The summed E-state index contributed by atoms with van der Waals surface area (Å²) in [6, 6.07) is 0. The Hall–Kier alpha value is -0.800. The zero-order valence-corrected chi connectivity index (χ0v) is 1.71. The predicted octanol–water partition coefficient (Wildman–Crippen LogP) is -0.348. The molecule has 0 radical (unpaired) electrons. The lowest BCUT2D eigenvalue weighted by Gasteiger charge is -1.56.